The Kier molecular flexibility index (Phi) is 2.81. The van der Waals surface area contributed by atoms with E-state index in [4.69, 9.17) is 0 Å². The van der Waals surface area contributed by atoms with Crippen molar-refractivity contribution in [3.63, 3.8) is 0 Å². The molecule has 0 bridgehead atoms. The van der Waals surface area contributed by atoms with Crippen LogP contribution in [0.2, 0.25) is 0 Å². The monoisotopic (exact) mass is 316 g/mol. The molecule has 2 aromatic rings. The van der Waals surface area contributed by atoms with Crippen molar-refractivity contribution in [3.05, 3.63) is 57.1 Å². The summed E-state index contributed by atoms with van der Waals surface area (Å²) in [5.74, 6) is 0. The lowest BCUT2D eigenvalue weighted by molar-refractivity contribution is -0.137. The molecule has 0 amide bonds. The van der Waals surface area contributed by atoms with Gasteiger partial charge in [0.1, 0.15) is 0 Å². The first kappa shape index (κ1) is 13.4. The van der Waals surface area contributed by atoms with Crippen molar-refractivity contribution in [1.29, 1.82) is 0 Å². The minimum absolute atomic E-state index is 0.220. The number of halogens is 3. The Bertz CT molecular complexity index is 797. The molecule has 0 fully saturated rings. The van der Waals surface area contributed by atoms with Gasteiger partial charge in [-0.25, -0.2) is 8.42 Å². The van der Waals surface area contributed by atoms with Gasteiger partial charge in [0.05, 0.1) is 15.3 Å². The van der Waals surface area contributed by atoms with Crippen LogP contribution in [0.25, 0.3) is 5.57 Å². The van der Waals surface area contributed by atoms with Crippen molar-refractivity contribution in [3.8, 4) is 0 Å². The van der Waals surface area contributed by atoms with Crippen LogP contribution in [0.4, 0.5) is 13.2 Å². The van der Waals surface area contributed by atoms with Crippen molar-refractivity contribution in [2.45, 2.75) is 11.1 Å². The molecule has 104 valence electrons. The van der Waals surface area contributed by atoms with E-state index in [9.17, 15) is 21.6 Å². The average molecular weight is 316 g/mol. The zero-order valence-electron chi connectivity index (χ0n) is 9.81. The summed E-state index contributed by atoms with van der Waals surface area (Å²) in [6, 6.07) is 5.99. The summed E-state index contributed by atoms with van der Waals surface area (Å²) in [5, 5.41) is 2.76. The van der Waals surface area contributed by atoms with Gasteiger partial charge in [0.25, 0.3) is 0 Å². The van der Waals surface area contributed by atoms with Crippen LogP contribution >= 0.6 is 11.3 Å². The third-order valence-electron chi connectivity index (χ3n) is 2.98. The van der Waals surface area contributed by atoms with Crippen LogP contribution in [-0.2, 0) is 16.0 Å². The van der Waals surface area contributed by atoms with Crippen LogP contribution in [-0.4, -0.2) is 8.42 Å². The highest BCUT2D eigenvalue weighted by Gasteiger charge is 2.32. The maximum absolute atomic E-state index is 12.5. The number of thiophene rings is 1. The van der Waals surface area contributed by atoms with Gasteiger partial charge in [-0.2, -0.15) is 13.2 Å². The van der Waals surface area contributed by atoms with E-state index in [1.165, 1.54) is 29.5 Å². The summed E-state index contributed by atoms with van der Waals surface area (Å²) < 4.78 is 61.3. The summed E-state index contributed by atoms with van der Waals surface area (Å²) in [6.07, 6.45) is -4.40. The molecule has 1 aliphatic heterocycles. The molecule has 2 heterocycles. The zero-order chi connectivity index (χ0) is 14.5. The van der Waals surface area contributed by atoms with Crippen LogP contribution in [0.5, 0.6) is 0 Å². The van der Waals surface area contributed by atoms with Crippen molar-refractivity contribution >= 4 is 26.7 Å². The van der Waals surface area contributed by atoms with E-state index < -0.39 is 21.6 Å². The number of hydrogen-bond donors (Lipinski definition) is 0. The highest BCUT2D eigenvalue weighted by molar-refractivity contribution is 7.95. The first-order valence-corrected chi connectivity index (χ1v) is 7.94. The Morgan fingerprint density at radius 3 is 2.25 bits per heavy atom. The smallest absolute Gasteiger partial charge is 0.219 e. The number of benzene rings is 1. The number of fused-ring (bicyclic) bond motifs is 1. The lowest BCUT2D eigenvalue weighted by Crippen LogP contribution is -2.04. The Balaban J connectivity index is 2.08. The third-order valence-corrected chi connectivity index (χ3v) is 5.55. The fraction of sp³-hybridized carbons (Fsp3) is 0.0769. The Labute approximate surface area is 117 Å². The van der Waals surface area contributed by atoms with Crippen molar-refractivity contribution in [2.24, 2.45) is 0 Å². The molecular formula is C13H7F3O2S2. The van der Waals surface area contributed by atoms with E-state index in [2.05, 4.69) is 0 Å². The van der Waals surface area contributed by atoms with Crippen LogP contribution < -0.4 is 0 Å². The molecule has 1 aromatic carbocycles. The standard InChI is InChI=1S/C13H7F3O2S2/c14-13(15,16)9-3-1-8(2-4-9)10-7-20(17,18)11-5-6-19-12(10)11/h1-7H. The molecule has 0 saturated carbocycles. The van der Waals surface area contributed by atoms with Gasteiger partial charge in [-0.3, -0.25) is 0 Å². The highest BCUT2D eigenvalue weighted by atomic mass is 32.2. The van der Waals surface area contributed by atoms with E-state index >= 15 is 0 Å². The molecule has 0 saturated heterocycles. The Hall–Kier alpha value is -1.60. The minimum Gasteiger partial charge on any atom is -0.219 e. The third kappa shape index (κ3) is 2.06. The minimum atomic E-state index is -4.40. The molecule has 3 rings (SSSR count). The van der Waals surface area contributed by atoms with E-state index in [1.807, 2.05) is 0 Å². The summed E-state index contributed by atoms with van der Waals surface area (Å²) in [4.78, 5) is 0.794. The van der Waals surface area contributed by atoms with Crippen LogP contribution in [0.15, 0.2) is 46.0 Å². The van der Waals surface area contributed by atoms with Gasteiger partial charge in [0.15, 0.2) is 0 Å². The van der Waals surface area contributed by atoms with E-state index in [0.29, 0.717) is 16.0 Å². The number of sulfone groups is 1. The summed E-state index contributed by atoms with van der Waals surface area (Å²) in [7, 11) is -3.47. The maximum atomic E-state index is 12.5. The van der Waals surface area contributed by atoms with E-state index in [-0.39, 0.29) is 4.90 Å². The van der Waals surface area contributed by atoms with Gasteiger partial charge in [0, 0.05) is 11.0 Å². The number of alkyl halides is 3. The molecule has 0 spiro atoms. The number of hydrogen-bond acceptors (Lipinski definition) is 3. The van der Waals surface area contributed by atoms with Gasteiger partial charge < -0.3 is 0 Å². The molecule has 2 nitrogen and oxygen atoms in total. The molecule has 0 atom stereocenters. The van der Waals surface area contributed by atoms with Crippen LogP contribution in [0, 0.1) is 0 Å². The molecule has 0 N–H and O–H groups in total. The van der Waals surface area contributed by atoms with E-state index in [1.54, 1.807) is 5.38 Å². The first-order chi connectivity index (χ1) is 9.29. The van der Waals surface area contributed by atoms with Crippen LogP contribution in [0.3, 0.4) is 0 Å². The Morgan fingerprint density at radius 1 is 1.00 bits per heavy atom. The largest absolute Gasteiger partial charge is 0.416 e. The second kappa shape index (κ2) is 4.20. The lowest BCUT2D eigenvalue weighted by atomic mass is 10.0. The van der Waals surface area contributed by atoms with Crippen LogP contribution in [0.1, 0.15) is 16.0 Å². The molecule has 0 radical (unpaired) electrons. The quantitative estimate of drug-likeness (QED) is 0.798. The average Bonchev–Trinajstić information content (AvgIpc) is 2.92. The van der Waals surface area contributed by atoms with Gasteiger partial charge in [-0.1, -0.05) is 12.1 Å². The maximum Gasteiger partial charge on any atom is 0.416 e. The normalized spacial score (nSPS) is 16.9. The first-order valence-electron chi connectivity index (χ1n) is 5.51. The van der Waals surface area contributed by atoms with Gasteiger partial charge in [-0.15, -0.1) is 11.3 Å². The van der Waals surface area contributed by atoms with Gasteiger partial charge in [-0.05, 0) is 29.1 Å². The molecule has 0 aliphatic carbocycles. The van der Waals surface area contributed by atoms with Crippen molar-refractivity contribution in [1.82, 2.24) is 0 Å². The summed E-state index contributed by atoms with van der Waals surface area (Å²) in [6.45, 7) is 0. The van der Waals surface area contributed by atoms with Crippen molar-refractivity contribution < 1.29 is 21.6 Å². The molecular weight excluding hydrogens is 309 g/mol. The SMILES string of the molecule is O=S1(=O)C=C(c2ccc(C(F)(F)F)cc2)c2sccc21. The topological polar surface area (TPSA) is 34.1 Å². The number of rotatable bonds is 1. The molecule has 20 heavy (non-hydrogen) atoms. The predicted molar refractivity (Wildman–Crippen MR) is 70.0 cm³/mol. The zero-order valence-corrected chi connectivity index (χ0v) is 11.4. The fourth-order valence-electron chi connectivity index (χ4n) is 2.03. The second-order valence-corrected chi connectivity index (χ2v) is 6.95. The van der Waals surface area contributed by atoms with Gasteiger partial charge in [0.2, 0.25) is 9.84 Å². The lowest BCUT2D eigenvalue weighted by Gasteiger charge is -2.07. The predicted octanol–water partition coefficient (Wildman–Crippen LogP) is 3.94. The molecule has 1 aliphatic rings. The molecule has 0 unspecified atom stereocenters. The van der Waals surface area contributed by atoms with E-state index in [0.717, 1.165) is 17.5 Å². The fourth-order valence-corrected chi connectivity index (χ4v) is 4.83. The Morgan fingerprint density at radius 2 is 1.65 bits per heavy atom. The molecule has 1 aromatic heterocycles. The summed E-state index contributed by atoms with van der Waals surface area (Å²) >= 11 is 1.26. The van der Waals surface area contributed by atoms with Crippen molar-refractivity contribution in [2.75, 3.05) is 0 Å². The molecule has 7 heteroatoms. The highest BCUT2D eigenvalue weighted by Crippen LogP contribution is 2.41. The summed E-state index contributed by atoms with van der Waals surface area (Å²) in [5.41, 5.74) is 0.153. The second-order valence-electron chi connectivity index (χ2n) is 4.27. The van der Waals surface area contributed by atoms with Gasteiger partial charge >= 0.3 is 6.18 Å².